The van der Waals surface area contributed by atoms with Gasteiger partial charge in [-0.2, -0.15) is 0 Å². The highest BCUT2D eigenvalue weighted by Crippen LogP contribution is 2.39. The van der Waals surface area contributed by atoms with Crippen molar-refractivity contribution in [3.8, 4) is 16.9 Å². The number of methoxy groups -OCH3 is 1. The number of halogens is 1. The van der Waals surface area contributed by atoms with Gasteiger partial charge in [0.1, 0.15) is 5.75 Å². The second kappa shape index (κ2) is 5.52. The quantitative estimate of drug-likeness (QED) is 0.386. The third-order valence-corrected chi connectivity index (χ3v) is 2.88. The van der Waals surface area contributed by atoms with Crippen LogP contribution in [0.25, 0.3) is 21.6 Å². The molecule has 2 aromatic carbocycles. The average molecular weight is 275 g/mol. The van der Waals surface area contributed by atoms with Gasteiger partial charge >= 0.3 is 0 Å². The molecule has 0 saturated carbocycles. The van der Waals surface area contributed by atoms with Crippen LogP contribution < -0.4 is 10.5 Å². The zero-order valence-corrected chi connectivity index (χ0v) is 10.9. The molecule has 0 aliphatic heterocycles. The standard InChI is InChI=1S/C13H11ClN4O/c1-19-12-7-10(17-18-16)6-11(15)13(12)8-2-4-9(14)5-3-8/h2-7H,15H2,1H3. The van der Waals surface area contributed by atoms with Crippen LogP contribution in [0, 0.1) is 0 Å². The molecule has 0 unspecified atom stereocenters. The van der Waals surface area contributed by atoms with Crippen molar-refractivity contribution in [3.63, 3.8) is 0 Å². The molecule has 0 spiro atoms. The zero-order chi connectivity index (χ0) is 13.8. The van der Waals surface area contributed by atoms with Crippen LogP contribution in [0.15, 0.2) is 41.5 Å². The summed E-state index contributed by atoms with van der Waals surface area (Å²) in [6.07, 6.45) is 0. The fourth-order valence-corrected chi connectivity index (χ4v) is 1.94. The van der Waals surface area contributed by atoms with E-state index in [4.69, 9.17) is 27.6 Å². The zero-order valence-electron chi connectivity index (χ0n) is 10.2. The molecule has 0 atom stereocenters. The highest BCUT2D eigenvalue weighted by molar-refractivity contribution is 6.30. The number of benzene rings is 2. The van der Waals surface area contributed by atoms with Crippen LogP contribution in [-0.4, -0.2) is 7.11 Å². The van der Waals surface area contributed by atoms with Crippen LogP contribution in [0.5, 0.6) is 5.75 Å². The molecular formula is C13H11ClN4O. The van der Waals surface area contributed by atoms with Crippen LogP contribution in [0.4, 0.5) is 11.4 Å². The molecule has 0 heterocycles. The summed E-state index contributed by atoms with van der Waals surface area (Å²) < 4.78 is 5.30. The molecule has 0 amide bonds. The van der Waals surface area contributed by atoms with Crippen molar-refractivity contribution >= 4 is 23.0 Å². The minimum absolute atomic E-state index is 0.412. The van der Waals surface area contributed by atoms with Gasteiger partial charge in [0, 0.05) is 26.9 Å². The minimum atomic E-state index is 0.412. The Hall–Kier alpha value is -2.36. The highest BCUT2D eigenvalue weighted by atomic mass is 35.5. The number of nitrogens with two attached hydrogens (primary N) is 1. The molecule has 2 rings (SSSR count). The number of hydrogen-bond acceptors (Lipinski definition) is 3. The van der Waals surface area contributed by atoms with Gasteiger partial charge in [-0.1, -0.05) is 28.8 Å². The average Bonchev–Trinajstić information content (AvgIpc) is 2.40. The van der Waals surface area contributed by atoms with Gasteiger partial charge in [-0.15, -0.1) is 0 Å². The third kappa shape index (κ3) is 2.73. The first kappa shape index (κ1) is 13.1. The summed E-state index contributed by atoms with van der Waals surface area (Å²) >= 11 is 5.86. The first-order valence-electron chi connectivity index (χ1n) is 5.44. The number of hydrogen-bond donors (Lipinski definition) is 1. The van der Waals surface area contributed by atoms with Gasteiger partial charge in [0.05, 0.1) is 7.11 Å². The van der Waals surface area contributed by atoms with Gasteiger partial charge in [-0.3, -0.25) is 0 Å². The summed E-state index contributed by atoms with van der Waals surface area (Å²) in [5.74, 6) is 0.546. The Kier molecular flexibility index (Phi) is 3.80. The number of rotatable bonds is 3. The van der Waals surface area contributed by atoms with E-state index in [1.54, 1.807) is 24.3 Å². The Morgan fingerprint density at radius 3 is 2.53 bits per heavy atom. The number of azide groups is 1. The Labute approximate surface area is 115 Å². The molecule has 0 aliphatic rings. The predicted molar refractivity (Wildman–Crippen MR) is 76.7 cm³/mol. The van der Waals surface area contributed by atoms with Crippen LogP contribution in [0.2, 0.25) is 5.02 Å². The topological polar surface area (TPSA) is 84.0 Å². The molecule has 0 aliphatic carbocycles. The van der Waals surface area contributed by atoms with E-state index in [1.807, 2.05) is 12.1 Å². The van der Waals surface area contributed by atoms with Crippen LogP contribution in [0.3, 0.4) is 0 Å². The Morgan fingerprint density at radius 2 is 1.95 bits per heavy atom. The molecule has 0 fully saturated rings. The van der Waals surface area contributed by atoms with Crippen molar-refractivity contribution < 1.29 is 4.74 Å². The maximum absolute atomic E-state index is 8.45. The molecular weight excluding hydrogens is 264 g/mol. The largest absolute Gasteiger partial charge is 0.496 e. The molecule has 0 aromatic heterocycles. The maximum Gasteiger partial charge on any atom is 0.129 e. The Bertz CT molecular complexity index is 648. The molecule has 0 bridgehead atoms. The second-order valence-electron chi connectivity index (χ2n) is 3.81. The van der Waals surface area contributed by atoms with Crippen molar-refractivity contribution in [1.82, 2.24) is 0 Å². The maximum atomic E-state index is 8.45. The van der Waals surface area contributed by atoms with Gasteiger partial charge in [0.2, 0.25) is 0 Å². The first-order valence-corrected chi connectivity index (χ1v) is 5.82. The highest BCUT2D eigenvalue weighted by Gasteiger charge is 2.11. The lowest BCUT2D eigenvalue weighted by atomic mass is 10.0. The van der Waals surface area contributed by atoms with Crippen molar-refractivity contribution in [2.24, 2.45) is 5.11 Å². The summed E-state index contributed by atoms with van der Waals surface area (Å²) in [6.45, 7) is 0. The normalized spacial score (nSPS) is 9.79. The van der Waals surface area contributed by atoms with Crippen molar-refractivity contribution in [2.45, 2.75) is 0 Å². The summed E-state index contributed by atoms with van der Waals surface area (Å²) in [6, 6.07) is 10.5. The van der Waals surface area contributed by atoms with E-state index in [9.17, 15) is 0 Å². The molecule has 19 heavy (non-hydrogen) atoms. The fourth-order valence-electron chi connectivity index (χ4n) is 1.82. The molecule has 0 saturated heterocycles. The lowest BCUT2D eigenvalue weighted by Gasteiger charge is -2.12. The van der Waals surface area contributed by atoms with Crippen molar-refractivity contribution in [3.05, 3.63) is 51.9 Å². The lowest BCUT2D eigenvalue weighted by Crippen LogP contribution is -1.94. The monoisotopic (exact) mass is 274 g/mol. The van der Waals surface area contributed by atoms with E-state index in [1.165, 1.54) is 7.11 Å². The molecule has 2 N–H and O–H groups in total. The summed E-state index contributed by atoms with van der Waals surface area (Å²) in [5.41, 5.74) is 17.0. The van der Waals surface area contributed by atoms with Gasteiger partial charge < -0.3 is 10.5 Å². The number of nitrogens with zero attached hydrogens (tertiary/aromatic N) is 3. The third-order valence-electron chi connectivity index (χ3n) is 2.63. The fraction of sp³-hybridized carbons (Fsp3) is 0.0769. The SMILES string of the molecule is COc1cc(N=[N+]=[N-])cc(N)c1-c1ccc(Cl)cc1. The van der Waals surface area contributed by atoms with E-state index >= 15 is 0 Å². The smallest absolute Gasteiger partial charge is 0.129 e. The molecule has 96 valence electrons. The van der Waals surface area contributed by atoms with Crippen molar-refractivity contribution in [2.75, 3.05) is 12.8 Å². The van der Waals surface area contributed by atoms with E-state index in [0.29, 0.717) is 22.1 Å². The minimum Gasteiger partial charge on any atom is -0.496 e. The number of nitrogen functional groups attached to an aromatic ring is 1. The molecule has 5 nitrogen and oxygen atoms in total. The van der Waals surface area contributed by atoms with E-state index in [0.717, 1.165) is 11.1 Å². The van der Waals surface area contributed by atoms with Gasteiger partial charge in [-0.25, -0.2) is 0 Å². The van der Waals surface area contributed by atoms with E-state index in [2.05, 4.69) is 10.0 Å². The van der Waals surface area contributed by atoms with Gasteiger partial charge in [-0.05, 0) is 35.4 Å². The van der Waals surface area contributed by atoms with Crippen molar-refractivity contribution in [1.29, 1.82) is 0 Å². The summed E-state index contributed by atoms with van der Waals surface area (Å²) in [7, 11) is 1.54. The van der Waals surface area contributed by atoms with E-state index in [-0.39, 0.29) is 0 Å². The molecule has 2 aromatic rings. The number of anilines is 1. The lowest BCUT2D eigenvalue weighted by molar-refractivity contribution is 0.417. The number of ether oxygens (including phenoxy) is 1. The van der Waals surface area contributed by atoms with Gasteiger partial charge in [0.25, 0.3) is 0 Å². The second-order valence-corrected chi connectivity index (χ2v) is 4.25. The van der Waals surface area contributed by atoms with Crippen LogP contribution in [-0.2, 0) is 0 Å². The summed E-state index contributed by atoms with van der Waals surface area (Å²) in [5, 5.41) is 4.17. The molecule has 6 heteroatoms. The summed E-state index contributed by atoms with van der Waals surface area (Å²) in [4.78, 5) is 2.73. The van der Waals surface area contributed by atoms with Crippen LogP contribution in [0.1, 0.15) is 0 Å². The van der Waals surface area contributed by atoms with Crippen LogP contribution >= 0.6 is 11.6 Å². The molecule has 0 radical (unpaired) electrons. The Balaban J connectivity index is 2.62. The van der Waals surface area contributed by atoms with Gasteiger partial charge in [0.15, 0.2) is 0 Å². The first-order chi connectivity index (χ1) is 9.15. The Morgan fingerprint density at radius 1 is 1.26 bits per heavy atom. The van der Waals surface area contributed by atoms with E-state index < -0.39 is 0 Å². The predicted octanol–water partition coefficient (Wildman–Crippen LogP) is 4.54.